The van der Waals surface area contributed by atoms with Crippen LogP contribution in [-0.2, 0) is 0 Å². The molecule has 16 aromatic rings. The molecule has 0 radical (unpaired) electrons. The van der Waals surface area contributed by atoms with Gasteiger partial charge in [-0.05, 0) is 144 Å². The minimum Gasteiger partial charge on any atom is -0.397 e. The molecule has 0 amide bonds. The van der Waals surface area contributed by atoms with Crippen LogP contribution in [-0.4, -0.2) is 40.3 Å². The summed E-state index contributed by atoms with van der Waals surface area (Å²) in [6, 6.07) is 78.9. The lowest BCUT2D eigenvalue weighted by atomic mass is 9.89. The van der Waals surface area contributed by atoms with Gasteiger partial charge in [0.15, 0.2) is 28.9 Å². The van der Waals surface area contributed by atoms with E-state index >= 15 is 0 Å². The summed E-state index contributed by atoms with van der Waals surface area (Å²) in [6.07, 6.45) is 9.92. The summed E-state index contributed by atoms with van der Waals surface area (Å²) in [5.74, 6) is 0. The summed E-state index contributed by atoms with van der Waals surface area (Å²) in [5.41, 5.74) is 24.8. The maximum Gasteiger partial charge on any atom is 0.250 e. The summed E-state index contributed by atoms with van der Waals surface area (Å²) in [4.78, 5) is 22.5. The average molecular weight is 1280 g/mol. The Balaban J connectivity index is 0.789. The van der Waals surface area contributed by atoms with Gasteiger partial charge in [-0.1, -0.05) is 194 Å². The standard InChI is InChI=1S/C88H58N12/c89-61-37-62(90)70-39-69(61)97-77-43-78(74(94-66-34-54-18-2-10-46-26-30-50-14-6-22-58(66)86(50)82(46)54)41-73(77)93-65-33-53-17-1-9-45-25-29-49-13-5-21-57(65)85(49)81(45)53)98-71-40-72(64(92)38-63(71)91)100-80-44-79(99-70)75(95-67-35-55-19-3-11-47-27-31-51-15-7-23-59(67)87(51)83(47)55)42-76(80)96-68-36-56-20-4-12-48-28-32-52-16-8-24-60(68)88(52)84(48)56/h1-40,43,75,90-91,93-96H,41-42,44,89,92H2/q+2. The Morgan fingerprint density at radius 1 is 0.400 bits per heavy atom. The van der Waals surface area contributed by atoms with Gasteiger partial charge < -0.3 is 27.4 Å². The molecule has 1 heterocycles. The van der Waals surface area contributed by atoms with Crippen molar-refractivity contribution >= 4 is 186 Å². The van der Waals surface area contributed by atoms with Crippen molar-refractivity contribution in [3.05, 3.63) is 301 Å². The van der Waals surface area contributed by atoms with Crippen molar-refractivity contribution in [1.82, 2.24) is 0 Å². The maximum atomic E-state index is 9.79. The van der Waals surface area contributed by atoms with Gasteiger partial charge in [0.2, 0.25) is 5.71 Å². The fourth-order valence-corrected chi connectivity index (χ4v) is 16.7. The number of rotatable bonds is 8. The van der Waals surface area contributed by atoms with Crippen LogP contribution in [0.25, 0.3) is 129 Å². The van der Waals surface area contributed by atoms with Crippen molar-refractivity contribution in [3.8, 4) is 0 Å². The molecule has 1 aliphatic heterocycles. The largest absolute Gasteiger partial charge is 0.397 e. The number of allylic oxidation sites excluding steroid dienone is 6. The van der Waals surface area contributed by atoms with Gasteiger partial charge in [-0.3, -0.25) is 15.7 Å². The van der Waals surface area contributed by atoms with E-state index in [1.807, 2.05) is 18.6 Å². The summed E-state index contributed by atoms with van der Waals surface area (Å²) in [5, 5.41) is 63.4. The number of benzene rings is 16. The predicted molar refractivity (Wildman–Crippen MR) is 420 cm³/mol. The Bertz CT molecular complexity index is 6730. The first-order chi connectivity index (χ1) is 49.1. The van der Waals surface area contributed by atoms with E-state index in [1.165, 1.54) is 64.6 Å². The molecule has 8 bridgehead atoms. The van der Waals surface area contributed by atoms with Crippen molar-refractivity contribution in [3.63, 3.8) is 0 Å². The van der Waals surface area contributed by atoms with Crippen LogP contribution in [0, 0.1) is 23.3 Å². The van der Waals surface area contributed by atoms with Crippen molar-refractivity contribution in [2.45, 2.75) is 25.3 Å². The van der Waals surface area contributed by atoms with Gasteiger partial charge in [0, 0.05) is 62.9 Å². The minimum atomic E-state index is -0.446. The molecule has 1 unspecified atom stereocenters. The molecule has 0 aromatic heterocycles. The number of aliphatic imine (C=N–C) groups is 4. The van der Waals surface area contributed by atoms with Crippen LogP contribution in [0.4, 0.5) is 22.7 Å². The Kier molecular flexibility index (Phi) is 11.8. The molecule has 0 saturated heterocycles. The zero-order valence-electron chi connectivity index (χ0n) is 53.8. The summed E-state index contributed by atoms with van der Waals surface area (Å²) >= 11 is 0. The summed E-state index contributed by atoms with van der Waals surface area (Å²) in [7, 11) is 0. The molecular weight excluding hydrogens is 1230 g/mol. The van der Waals surface area contributed by atoms with E-state index in [1.54, 1.807) is 12.2 Å². The summed E-state index contributed by atoms with van der Waals surface area (Å²) < 4.78 is 0. The Morgan fingerprint density at radius 3 is 1.35 bits per heavy atom. The lowest BCUT2D eigenvalue weighted by Crippen LogP contribution is -2.36. The van der Waals surface area contributed by atoms with Crippen LogP contribution in [0.1, 0.15) is 19.3 Å². The number of nitrogens with two attached hydrogens (primary N) is 2. The second-order valence-electron chi connectivity index (χ2n) is 27.1. The number of nitrogens with one attached hydrogen (secondary N) is 6. The summed E-state index contributed by atoms with van der Waals surface area (Å²) in [6.45, 7) is 0. The SMILES string of the molecule is N=C1C=C(N)C2=NC3=C(Nc4cc5cccc6ccc7cccc4c7c65)C[C+](Nc4cc5cccc6ccc7cccc4c7c65)C(=C3)N=C3[CH+]C(=NC4=C(Nc5cc6cccc7ccc8cccc5c8c76)CC(Nc5cc6cccc7ccc8cccc5c8c76)C(=NC1=C2)C4)C(N)=CC3=N. The molecule has 10 N–H and O–H groups in total. The zero-order chi connectivity index (χ0) is 66.2. The lowest BCUT2D eigenvalue weighted by Gasteiger charge is -2.31. The van der Waals surface area contributed by atoms with Gasteiger partial charge in [-0.25, -0.2) is 15.4 Å². The van der Waals surface area contributed by atoms with Crippen LogP contribution < -0.4 is 32.7 Å². The van der Waals surface area contributed by atoms with Gasteiger partial charge in [0.25, 0.3) is 5.70 Å². The average Bonchev–Trinajstić information content (AvgIpc) is 0.754. The Labute approximate surface area is 572 Å². The van der Waals surface area contributed by atoms with E-state index in [4.69, 9.17) is 31.4 Å². The number of anilines is 4. The lowest BCUT2D eigenvalue weighted by molar-refractivity contribution is 0.822. The number of hydrogen-bond donors (Lipinski definition) is 8. The molecule has 12 heteroatoms. The second-order valence-corrected chi connectivity index (χ2v) is 27.1. The molecule has 1 atom stereocenters. The molecule has 468 valence electrons. The van der Waals surface area contributed by atoms with E-state index in [9.17, 15) is 10.8 Å². The van der Waals surface area contributed by atoms with Crippen LogP contribution in [0.2, 0.25) is 0 Å². The molecule has 21 rings (SSSR count). The Morgan fingerprint density at radius 2 is 0.830 bits per heavy atom. The molecule has 4 aliphatic carbocycles. The van der Waals surface area contributed by atoms with Gasteiger partial charge in [-0.15, -0.1) is 0 Å². The van der Waals surface area contributed by atoms with Crippen molar-refractivity contribution in [1.29, 1.82) is 10.8 Å². The molecule has 0 fully saturated rings. The van der Waals surface area contributed by atoms with E-state index in [2.05, 4.69) is 240 Å². The van der Waals surface area contributed by atoms with Crippen molar-refractivity contribution in [2.75, 3.05) is 21.3 Å². The monoisotopic (exact) mass is 1280 g/mol. The molecule has 100 heavy (non-hydrogen) atoms. The first-order valence-corrected chi connectivity index (χ1v) is 33.9. The predicted octanol–water partition coefficient (Wildman–Crippen LogP) is 20.0. The minimum absolute atomic E-state index is 0.128. The third kappa shape index (κ3) is 8.59. The molecule has 16 aromatic carbocycles. The topological polar surface area (TPSA) is 197 Å². The molecule has 0 saturated carbocycles. The Hall–Kier alpha value is -13.3. The number of hydrogen-bond acceptors (Lipinski definition) is 12. The smallest absolute Gasteiger partial charge is 0.250 e. The van der Waals surface area contributed by atoms with Crippen LogP contribution in [0.15, 0.2) is 308 Å². The fourth-order valence-electron chi connectivity index (χ4n) is 16.7. The van der Waals surface area contributed by atoms with Crippen LogP contribution in [0.5, 0.6) is 0 Å². The molecular formula is C88H58N12+2. The highest BCUT2D eigenvalue weighted by Crippen LogP contribution is 2.47. The van der Waals surface area contributed by atoms with E-state index in [-0.39, 0.29) is 24.3 Å². The quantitative estimate of drug-likeness (QED) is 0.0423. The van der Waals surface area contributed by atoms with E-state index in [0.717, 1.165) is 111 Å². The fraction of sp³-hybridized carbons (Fsp3) is 0.0455. The molecule has 12 nitrogen and oxygen atoms in total. The molecule has 5 aliphatic rings. The zero-order valence-corrected chi connectivity index (χ0v) is 53.8. The second kappa shape index (κ2) is 21.1. The van der Waals surface area contributed by atoms with Crippen LogP contribution >= 0.6 is 0 Å². The van der Waals surface area contributed by atoms with Gasteiger partial charge >= 0.3 is 0 Å². The highest BCUT2D eigenvalue weighted by molar-refractivity contribution is 6.56. The van der Waals surface area contributed by atoms with Gasteiger partial charge in [-0.2, -0.15) is 4.99 Å². The van der Waals surface area contributed by atoms with Gasteiger partial charge in [0.05, 0.1) is 52.4 Å². The van der Waals surface area contributed by atoms with Crippen LogP contribution in [0.3, 0.4) is 0 Å². The first kappa shape index (κ1) is 55.9. The number of nitrogens with zero attached hydrogens (tertiary/aromatic N) is 4. The first-order valence-electron chi connectivity index (χ1n) is 33.9. The highest BCUT2D eigenvalue weighted by Gasteiger charge is 2.40. The third-order valence-corrected chi connectivity index (χ3v) is 21.3. The van der Waals surface area contributed by atoms with Crippen molar-refractivity contribution < 1.29 is 0 Å². The van der Waals surface area contributed by atoms with Crippen molar-refractivity contribution in [2.24, 2.45) is 31.4 Å². The maximum absolute atomic E-state index is 9.79. The molecule has 0 spiro atoms. The number of fused-ring (bicyclic) bond motifs is 6. The van der Waals surface area contributed by atoms with E-state index in [0.29, 0.717) is 57.7 Å². The normalized spacial score (nSPS) is 17.0. The third-order valence-electron chi connectivity index (χ3n) is 21.3. The highest BCUT2D eigenvalue weighted by atomic mass is 15.0. The van der Waals surface area contributed by atoms with E-state index < -0.39 is 6.04 Å². The van der Waals surface area contributed by atoms with Gasteiger partial charge in [0.1, 0.15) is 18.6 Å².